The Morgan fingerprint density at radius 2 is 1.79 bits per heavy atom. The SMILES string of the molecule is CNC(=O)Nc1ccc(NC(COC)C(C)C)cc1. The molecule has 0 aliphatic carbocycles. The minimum absolute atomic E-state index is 0.222. The summed E-state index contributed by atoms with van der Waals surface area (Å²) in [5.74, 6) is 0.476. The van der Waals surface area contributed by atoms with Crippen LogP contribution in [-0.4, -0.2) is 32.8 Å². The third-order valence-corrected chi connectivity index (χ3v) is 2.87. The number of rotatable bonds is 6. The van der Waals surface area contributed by atoms with E-state index in [9.17, 15) is 4.79 Å². The van der Waals surface area contributed by atoms with E-state index in [0.717, 1.165) is 11.4 Å². The second kappa shape index (κ2) is 7.63. The summed E-state index contributed by atoms with van der Waals surface area (Å²) >= 11 is 0. The number of methoxy groups -OCH3 is 1. The Morgan fingerprint density at radius 1 is 1.21 bits per heavy atom. The molecule has 106 valence electrons. The zero-order valence-corrected chi connectivity index (χ0v) is 12.0. The van der Waals surface area contributed by atoms with Gasteiger partial charge in [-0.1, -0.05) is 13.8 Å². The van der Waals surface area contributed by atoms with Crippen molar-refractivity contribution in [3.8, 4) is 0 Å². The van der Waals surface area contributed by atoms with E-state index in [4.69, 9.17) is 4.74 Å². The number of hydrogen-bond acceptors (Lipinski definition) is 3. The maximum atomic E-state index is 11.2. The van der Waals surface area contributed by atoms with Crippen LogP contribution in [-0.2, 0) is 4.74 Å². The molecule has 0 aliphatic heterocycles. The molecule has 19 heavy (non-hydrogen) atoms. The molecule has 5 heteroatoms. The van der Waals surface area contributed by atoms with Crippen LogP contribution in [0.5, 0.6) is 0 Å². The summed E-state index contributed by atoms with van der Waals surface area (Å²) in [4.78, 5) is 11.2. The lowest BCUT2D eigenvalue weighted by Crippen LogP contribution is -2.30. The van der Waals surface area contributed by atoms with Gasteiger partial charge >= 0.3 is 6.03 Å². The summed E-state index contributed by atoms with van der Waals surface area (Å²) in [5.41, 5.74) is 1.77. The zero-order chi connectivity index (χ0) is 14.3. The molecule has 1 atom stereocenters. The highest BCUT2D eigenvalue weighted by Crippen LogP contribution is 2.16. The summed E-state index contributed by atoms with van der Waals surface area (Å²) in [7, 11) is 3.29. The molecule has 1 rings (SSSR count). The molecular weight excluding hydrogens is 242 g/mol. The number of nitrogens with one attached hydrogen (secondary N) is 3. The van der Waals surface area contributed by atoms with Gasteiger partial charge in [-0.05, 0) is 30.2 Å². The molecule has 0 fully saturated rings. The van der Waals surface area contributed by atoms with Crippen LogP contribution < -0.4 is 16.0 Å². The molecule has 2 amide bonds. The van der Waals surface area contributed by atoms with Gasteiger partial charge in [0.1, 0.15) is 0 Å². The van der Waals surface area contributed by atoms with Crippen LogP contribution in [0.1, 0.15) is 13.8 Å². The fourth-order valence-corrected chi connectivity index (χ4v) is 1.64. The van der Waals surface area contributed by atoms with Crippen molar-refractivity contribution in [1.82, 2.24) is 5.32 Å². The van der Waals surface area contributed by atoms with Crippen molar-refractivity contribution >= 4 is 17.4 Å². The van der Waals surface area contributed by atoms with Crippen molar-refractivity contribution < 1.29 is 9.53 Å². The monoisotopic (exact) mass is 265 g/mol. The second-order valence-electron chi connectivity index (χ2n) is 4.73. The van der Waals surface area contributed by atoms with Crippen molar-refractivity contribution in [1.29, 1.82) is 0 Å². The summed E-state index contributed by atoms with van der Waals surface area (Å²) in [6.07, 6.45) is 0. The van der Waals surface area contributed by atoms with Gasteiger partial charge in [0.15, 0.2) is 0 Å². The zero-order valence-electron chi connectivity index (χ0n) is 12.0. The van der Waals surface area contributed by atoms with Crippen LogP contribution in [0.3, 0.4) is 0 Å². The molecule has 0 bridgehead atoms. The number of carbonyl (C=O) groups excluding carboxylic acids is 1. The molecule has 1 aromatic rings. The largest absolute Gasteiger partial charge is 0.383 e. The Hall–Kier alpha value is -1.75. The Labute approximate surface area is 114 Å². The highest BCUT2D eigenvalue weighted by atomic mass is 16.5. The van der Waals surface area contributed by atoms with Crippen molar-refractivity contribution in [2.24, 2.45) is 5.92 Å². The number of benzene rings is 1. The first kappa shape index (κ1) is 15.3. The fraction of sp³-hybridized carbons (Fsp3) is 0.500. The average Bonchev–Trinajstić information content (AvgIpc) is 2.40. The second-order valence-corrected chi connectivity index (χ2v) is 4.73. The van der Waals surface area contributed by atoms with E-state index in [1.165, 1.54) is 0 Å². The first-order chi connectivity index (χ1) is 9.06. The van der Waals surface area contributed by atoms with Gasteiger partial charge in [-0.15, -0.1) is 0 Å². The fourth-order valence-electron chi connectivity index (χ4n) is 1.64. The van der Waals surface area contributed by atoms with Gasteiger partial charge in [0.05, 0.1) is 12.6 Å². The van der Waals surface area contributed by atoms with Crippen molar-refractivity contribution in [3.63, 3.8) is 0 Å². The van der Waals surface area contributed by atoms with E-state index in [1.807, 2.05) is 24.3 Å². The van der Waals surface area contributed by atoms with Crippen LogP contribution in [0, 0.1) is 5.92 Å². The molecule has 0 saturated heterocycles. The van der Waals surface area contributed by atoms with E-state index in [2.05, 4.69) is 29.8 Å². The Morgan fingerprint density at radius 3 is 2.26 bits per heavy atom. The number of urea groups is 1. The highest BCUT2D eigenvalue weighted by molar-refractivity contribution is 5.89. The summed E-state index contributed by atoms with van der Waals surface area (Å²) in [6.45, 7) is 4.96. The third kappa shape index (κ3) is 5.18. The predicted molar refractivity (Wildman–Crippen MR) is 78.6 cm³/mol. The number of ether oxygens (including phenoxy) is 1. The molecule has 0 saturated carbocycles. The molecular formula is C14H23N3O2. The maximum absolute atomic E-state index is 11.2. The van der Waals surface area contributed by atoms with Crippen LogP contribution in [0.15, 0.2) is 24.3 Å². The lowest BCUT2D eigenvalue weighted by atomic mass is 10.1. The minimum atomic E-state index is -0.222. The molecule has 0 spiro atoms. The third-order valence-electron chi connectivity index (χ3n) is 2.87. The van der Waals surface area contributed by atoms with Crippen LogP contribution in [0.4, 0.5) is 16.2 Å². The topological polar surface area (TPSA) is 62.4 Å². The van der Waals surface area contributed by atoms with E-state index in [0.29, 0.717) is 12.5 Å². The van der Waals surface area contributed by atoms with Gasteiger partial charge in [-0.25, -0.2) is 4.79 Å². The standard InChI is InChI=1S/C14H23N3O2/c1-10(2)13(9-19-4)16-11-5-7-12(8-6-11)17-14(18)15-3/h5-8,10,13,16H,9H2,1-4H3,(H2,15,17,18). The number of anilines is 2. The first-order valence-corrected chi connectivity index (χ1v) is 6.41. The van der Waals surface area contributed by atoms with Gasteiger partial charge in [0, 0.05) is 25.5 Å². The highest BCUT2D eigenvalue weighted by Gasteiger charge is 2.12. The van der Waals surface area contributed by atoms with Gasteiger partial charge in [-0.2, -0.15) is 0 Å². The predicted octanol–water partition coefficient (Wildman–Crippen LogP) is 2.52. The molecule has 3 N–H and O–H groups in total. The van der Waals surface area contributed by atoms with Gasteiger partial charge in [0.25, 0.3) is 0 Å². The van der Waals surface area contributed by atoms with Crippen molar-refractivity contribution in [3.05, 3.63) is 24.3 Å². The Bertz CT molecular complexity index is 390. The quantitative estimate of drug-likeness (QED) is 0.740. The van der Waals surface area contributed by atoms with Gasteiger partial charge in [0.2, 0.25) is 0 Å². The van der Waals surface area contributed by atoms with Crippen LogP contribution in [0.25, 0.3) is 0 Å². The normalized spacial score (nSPS) is 12.1. The smallest absolute Gasteiger partial charge is 0.318 e. The maximum Gasteiger partial charge on any atom is 0.318 e. The van der Waals surface area contributed by atoms with Crippen molar-refractivity contribution in [2.45, 2.75) is 19.9 Å². The Kier molecular flexibility index (Phi) is 6.15. The van der Waals surface area contributed by atoms with E-state index < -0.39 is 0 Å². The Balaban J connectivity index is 2.62. The molecule has 0 radical (unpaired) electrons. The molecule has 0 aromatic heterocycles. The van der Waals surface area contributed by atoms with Crippen LogP contribution >= 0.6 is 0 Å². The number of amides is 2. The lowest BCUT2D eigenvalue weighted by molar-refractivity contribution is 0.171. The summed E-state index contributed by atoms with van der Waals surface area (Å²) in [6, 6.07) is 7.65. The molecule has 1 unspecified atom stereocenters. The van der Waals surface area contributed by atoms with Gasteiger partial charge < -0.3 is 20.7 Å². The molecule has 1 aromatic carbocycles. The van der Waals surface area contributed by atoms with E-state index in [1.54, 1.807) is 14.2 Å². The minimum Gasteiger partial charge on any atom is -0.383 e. The summed E-state index contributed by atoms with van der Waals surface area (Å²) < 4.78 is 5.20. The first-order valence-electron chi connectivity index (χ1n) is 6.41. The molecule has 5 nitrogen and oxygen atoms in total. The van der Waals surface area contributed by atoms with Crippen molar-refractivity contribution in [2.75, 3.05) is 31.4 Å². The summed E-state index contributed by atoms with van der Waals surface area (Å²) in [5, 5.41) is 8.65. The van der Waals surface area contributed by atoms with Crippen LogP contribution in [0.2, 0.25) is 0 Å². The lowest BCUT2D eigenvalue weighted by Gasteiger charge is -2.22. The van der Waals surface area contributed by atoms with E-state index >= 15 is 0 Å². The molecule has 0 aliphatic rings. The number of carbonyl (C=O) groups is 1. The van der Waals surface area contributed by atoms with Gasteiger partial charge in [-0.3, -0.25) is 0 Å². The number of hydrogen-bond donors (Lipinski definition) is 3. The average molecular weight is 265 g/mol. The van der Waals surface area contributed by atoms with E-state index in [-0.39, 0.29) is 12.1 Å². The molecule has 0 heterocycles.